The Morgan fingerprint density at radius 3 is 2.13 bits per heavy atom. The lowest BCUT2D eigenvalue weighted by molar-refractivity contribution is 0.415. The Morgan fingerprint density at radius 1 is 0.733 bits per heavy atom. The molecule has 3 aromatic carbocycles. The maximum atomic E-state index is 5.37. The number of rotatable bonds is 11. The summed E-state index contributed by atoms with van der Waals surface area (Å²) in [6, 6.07) is 25.2. The third-order valence-corrected chi connectivity index (χ3v) is 5.85. The first-order chi connectivity index (χ1) is 14.8. The van der Waals surface area contributed by atoms with Crippen molar-refractivity contribution in [1.82, 2.24) is 0 Å². The molecule has 0 aromatic heterocycles. The number of aryl methyl sites for hydroxylation is 1. The summed E-state index contributed by atoms with van der Waals surface area (Å²) >= 11 is 0. The average Bonchev–Trinajstić information content (AvgIpc) is 2.81. The minimum absolute atomic E-state index is 0.888. The molecular formula is C29H35O. The molecule has 0 N–H and O–H groups in total. The smallest absolute Gasteiger partial charge is 0.118 e. The molecule has 0 saturated carbocycles. The van der Waals surface area contributed by atoms with Crippen molar-refractivity contribution in [2.75, 3.05) is 7.11 Å². The Hall–Kier alpha value is -2.54. The van der Waals surface area contributed by atoms with Crippen LogP contribution in [0, 0.1) is 6.07 Å². The normalized spacial score (nSPS) is 10.9. The molecule has 0 aliphatic heterocycles. The van der Waals surface area contributed by atoms with E-state index in [1.165, 1.54) is 71.9 Å². The number of benzene rings is 3. The zero-order valence-corrected chi connectivity index (χ0v) is 18.8. The van der Waals surface area contributed by atoms with Crippen molar-refractivity contribution in [3.05, 3.63) is 77.9 Å². The molecule has 0 heterocycles. The molecule has 0 atom stereocenters. The van der Waals surface area contributed by atoms with E-state index in [4.69, 9.17) is 4.74 Å². The maximum absolute atomic E-state index is 5.37. The summed E-state index contributed by atoms with van der Waals surface area (Å²) in [5, 5.41) is 0. The van der Waals surface area contributed by atoms with Gasteiger partial charge in [0, 0.05) is 0 Å². The Bertz CT molecular complexity index is 894. The van der Waals surface area contributed by atoms with Crippen LogP contribution in [0.1, 0.15) is 63.5 Å². The topological polar surface area (TPSA) is 9.23 Å². The summed E-state index contributed by atoms with van der Waals surface area (Å²) in [6.07, 6.45) is 9.86. The number of unbranched alkanes of at least 4 members (excludes halogenated alkanes) is 4. The highest BCUT2D eigenvalue weighted by Crippen LogP contribution is 2.38. The van der Waals surface area contributed by atoms with Crippen LogP contribution < -0.4 is 4.74 Å². The van der Waals surface area contributed by atoms with Gasteiger partial charge in [-0.1, -0.05) is 88.1 Å². The van der Waals surface area contributed by atoms with Gasteiger partial charge in [-0.25, -0.2) is 0 Å². The number of hydrogen-bond acceptors (Lipinski definition) is 1. The van der Waals surface area contributed by atoms with E-state index >= 15 is 0 Å². The van der Waals surface area contributed by atoms with Crippen LogP contribution in [0.15, 0.2) is 60.7 Å². The second-order valence-corrected chi connectivity index (χ2v) is 8.05. The first-order valence-electron chi connectivity index (χ1n) is 11.5. The lowest BCUT2D eigenvalue weighted by Crippen LogP contribution is -2.01. The minimum atomic E-state index is 0.888. The van der Waals surface area contributed by atoms with E-state index in [0.29, 0.717) is 0 Å². The molecule has 0 saturated heterocycles. The van der Waals surface area contributed by atoms with Gasteiger partial charge in [0.15, 0.2) is 0 Å². The molecule has 0 fully saturated rings. The molecule has 0 aliphatic rings. The molecule has 1 heteroatoms. The van der Waals surface area contributed by atoms with Crippen LogP contribution in [0.5, 0.6) is 5.75 Å². The molecule has 0 aliphatic carbocycles. The van der Waals surface area contributed by atoms with Gasteiger partial charge in [-0.15, -0.1) is 0 Å². The van der Waals surface area contributed by atoms with Gasteiger partial charge in [-0.05, 0) is 77.3 Å². The summed E-state index contributed by atoms with van der Waals surface area (Å²) in [5.74, 6) is 0.888. The lowest BCUT2D eigenvalue weighted by atomic mass is 9.84. The van der Waals surface area contributed by atoms with Crippen molar-refractivity contribution in [2.45, 2.75) is 65.2 Å². The van der Waals surface area contributed by atoms with Crippen molar-refractivity contribution in [1.29, 1.82) is 0 Å². The molecule has 0 unspecified atom stereocenters. The number of hydrogen-bond donors (Lipinski definition) is 0. The van der Waals surface area contributed by atoms with Crippen molar-refractivity contribution in [3.8, 4) is 28.0 Å². The van der Waals surface area contributed by atoms with Crippen LogP contribution in [0.2, 0.25) is 0 Å². The van der Waals surface area contributed by atoms with Gasteiger partial charge in [0.25, 0.3) is 0 Å². The van der Waals surface area contributed by atoms with E-state index in [2.05, 4.69) is 68.4 Å². The predicted molar refractivity (Wildman–Crippen MR) is 129 cm³/mol. The summed E-state index contributed by atoms with van der Waals surface area (Å²) in [4.78, 5) is 0. The third-order valence-electron chi connectivity index (χ3n) is 5.85. The van der Waals surface area contributed by atoms with E-state index in [1.54, 1.807) is 7.11 Å². The Morgan fingerprint density at radius 2 is 1.47 bits per heavy atom. The average molecular weight is 400 g/mol. The largest absolute Gasteiger partial charge is 0.497 e. The molecule has 0 spiro atoms. The molecule has 1 nitrogen and oxygen atoms in total. The summed E-state index contributed by atoms with van der Waals surface area (Å²) in [5.41, 5.74) is 8.06. The lowest BCUT2D eigenvalue weighted by Gasteiger charge is -2.20. The van der Waals surface area contributed by atoms with E-state index < -0.39 is 0 Å². The van der Waals surface area contributed by atoms with Crippen LogP contribution in [0.25, 0.3) is 22.3 Å². The number of methoxy groups -OCH3 is 1. The van der Waals surface area contributed by atoms with Gasteiger partial charge in [0.05, 0.1) is 7.11 Å². The van der Waals surface area contributed by atoms with Crippen molar-refractivity contribution >= 4 is 0 Å². The molecule has 0 amide bonds. The molecule has 0 bridgehead atoms. The van der Waals surface area contributed by atoms with Gasteiger partial charge in [-0.3, -0.25) is 0 Å². The highest BCUT2D eigenvalue weighted by Gasteiger charge is 2.16. The predicted octanol–water partition coefficient (Wildman–Crippen LogP) is 8.29. The second-order valence-electron chi connectivity index (χ2n) is 8.05. The second kappa shape index (κ2) is 11.6. The molecule has 30 heavy (non-hydrogen) atoms. The standard InChI is InChI=1S/C29H35O/c1-4-6-8-12-16-27-23(13-7-5-2)19-22-28(24-17-20-26(30-3)21-18-24)29(27)25-14-10-9-11-15-25/h9-11,14-15,17-21H,4-8,12-13,16H2,1-3H3. The van der Waals surface area contributed by atoms with E-state index in [1.807, 2.05) is 12.1 Å². The SMILES string of the molecule is CCCCCCc1c(CCCC)c[c]c(-c2ccc(OC)cc2)c1-c1ccccc1. The molecule has 1 radical (unpaired) electrons. The number of ether oxygens (including phenoxy) is 1. The van der Waals surface area contributed by atoms with Crippen LogP contribution in [0.3, 0.4) is 0 Å². The van der Waals surface area contributed by atoms with Crippen molar-refractivity contribution < 1.29 is 4.74 Å². The van der Waals surface area contributed by atoms with Crippen LogP contribution in [-0.4, -0.2) is 7.11 Å². The Kier molecular flexibility index (Phi) is 8.56. The molecule has 3 aromatic rings. The summed E-state index contributed by atoms with van der Waals surface area (Å²) in [7, 11) is 1.72. The fraction of sp³-hybridized carbons (Fsp3) is 0.379. The zero-order chi connectivity index (χ0) is 21.2. The first kappa shape index (κ1) is 22.2. The van der Waals surface area contributed by atoms with E-state index in [-0.39, 0.29) is 0 Å². The van der Waals surface area contributed by atoms with E-state index in [9.17, 15) is 0 Å². The van der Waals surface area contributed by atoms with Gasteiger partial charge in [-0.2, -0.15) is 0 Å². The van der Waals surface area contributed by atoms with Gasteiger partial charge in [0.1, 0.15) is 5.75 Å². The molecule has 157 valence electrons. The van der Waals surface area contributed by atoms with E-state index in [0.717, 1.165) is 18.6 Å². The Labute approximate surface area is 183 Å². The van der Waals surface area contributed by atoms with Gasteiger partial charge < -0.3 is 4.74 Å². The minimum Gasteiger partial charge on any atom is -0.497 e. The van der Waals surface area contributed by atoms with Gasteiger partial charge >= 0.3 is 0 Å². The zero-order valence-electron chi connectivity index (χ0n) is 18.8. The monoisotopic (exact) mass is 399 g/mol. The third kappa shape index (κ3) is 5.53. The van der Waals surface area contributed by atoms with Crippen LogP contribution >= 0.6 is 0 Å². The van der Waals surface area contributed by atoms with Crippen molar-refractivity contribution in [2.24, 2.45) is 0 Å². The van der Waals surface area contributed by atoms with Gasteiger partial charge in [0.2, 0.25) is 0 Å². The summed E-state index contributed by atoms with van der Waals surface area (Å²) in [6.45, 7) is 4.55. The van der Waals surface area contributed by atoms with Crippen molar-refractivity contribution in [3.63, 3.8) is 0 Å². The quantitative estimate of drug-likeness (QED) is 0.295. The molecule has 3 rings (SSSR count). The van der Waals surface area contributed by atoms with Crippen LogP contribution in [0.4, 0.5) is 0 Å². The maximum Gasteiger partial charge on any atom is 0.118 e. The highest BCUT2D eigenvalue weighted by molar-refractivity contribution is 5.86. The first-order valence-corrected chi connectivity index (χ1v) is 11.5. The fourth-order valence-corrected chi connectivity index (χ4v) is 4.14. The summed E-state index contributed by atoms with van der Waals surface area (Å²) < 4.78 is 5.37. The fourth-order valence-electron chi connectivity index (χ4n) is 4.14. The molecular weight excluding hydrogens is 364 g/mol. The van der Waals surface area contributed by atoms with Crippen LogP contribution in [-0.2, 0) is 12.8 Å². The Balaban J connectivity index is 2.12. The highest BCUT2D eigenvalue weighted by atomic mass is 16.5.